The zero-order chi connectivity index (χ0) is 12.6. The van der Waals surface area contributed by atoms with Gasteiger partial charge in [-0.1, -0.05) is 13.8 Å². The summed E-state index contributed by atoms with van der Waals surface area (Å²) in [7, 11) is 0. The third kappa shape index (κ3) is 5.04. The Hall–Kier alpha value is -0.610. The second-order valence-corrected chi connectivity index (χ2v) is 5.03. The maximum atomic E-state index is 12.0. The lowest BCUT2D eigenvalue weighted by atomic mass is 9.80. The van der Waals surface area contributed by atoms with Crippen LogP contribution < -0.4 is 10.6 Å². The largest absolute Gasteiger partial charge is 0.381 e. The van der Waals surface area contributed by atoms with Crippen LogP contribution in [0.15, 0.2) is 0 Å². The van der Waals surface area contributed by atoms with Crippen molar-refractivity contribution in [3.63, 3.8) is 0 Å². The summed E-state index contributed by atoms with van der Waals surface area (Å²) in [6, 6.07) is 0. The Kier molecular flexibility index (Phi) is 6.52. The van der Waals surface area contributed by atoms with Gasteiger partial charge in [-0.2, -0.15) is 0 Å². The van der Waals surface area contributed by atoms with E-state index in [1.807, 2.05) is 0 Å². The first kappa shape index (κ1) is 14.5. The van der Waals surface area contributed by atoms with Gasteiger partial charge in [-0.15, -0.1) is 0 Å². The van der Waals surface area contributed by atoms with Crippen LogP contribution in [0.1, 0.15) is 39.5 Å². The average Bonchev–Trinajstić information content (AvgIpc) is 2.34. The molecule has 0 spiro atoms. The van der Waals surface area contributed by atoms with Crippen LogP contribution in [0, 0.1) is 5.41 Å². The Morgan fingerprint density at radius 2 is 2.06 bits per heavy atom. The molecule has 0 radical (unpaired) electrons. The summed E-state index contributed by atoms with van der Waals surface area (Å²) in [5, 5.41) is 6.31. The van der Waals surface area contributed by atoms with E-state index in [1.54, 1.807) is 0 Å². The molecule has 1 aliphatic heterocycles. The van der Waals surface area contributed by atoms with Crippen molar-refractivity contribution in [3.05, 3.63) is 0 Å². The number of ether oxygens (including phenoxy) is 1. The number of nitrogens with one attached hydrogen (secondary N) is 2. The predicted molar refractivity (Wildman–Crippen MR) is 68.9 cm³/mol. The molecule has 0 unspecified atom stereocenters. The van der Waals surface area contributed by atoms with E-state index in [1.165, 1.54) is 0 Å². The third-order valence-electron chi connectivity index (χ3n) is 3.35. The van der Waals surface area contributed by atoms with Gasteiger partial charge < -0.3 is 15.4 Å². The number of hydrogen-bond donors (Lipinski definition) is 2. The molecule has 0 aromatic heterocycles. The van der Waals surface area contributed by atoms with E-state index >= 15 is 0 Å². The first-order valence-corrected chi connectivity index (χ1v) is 6.76. The molecule has 4 heteroatoms. The molecule has 0 saturated carbocycles. The molecule has 2 N–H and O–H groups in total. The Bertz CT molecular complexity index is 225. The maximum Gasteiger partial charge on any atom is 0.226 e. The highest BCUT2D eigenvalue weighted by Crippen LogP contribution is 2.27. The van der Waals surface area contributed by atoms with Gasteiger partial charge in [-0.05, 0) is 38.8 Å². The lowest BCUT2D eigenvalue weighted by Crippen LogP contribution is -2.46. The minimum atomic E-state index is -0.171. The minimum absolute atomic E-state index is 0.171. The van der Waals surface area contributed by atoms with Gasteiger partial charge in [0, 0.05) is 25.2 Å². The molecule has 1 fully saturated rings. The van der Waals surface area contributed by atoms with Crippen molar-refractivity contribution in [3.8, 4) is 0 Å². The van der Waals surface area contributed by atoms with Crippen LogP contribution in [0.5, 0.6) is 0 Å². The third-order valence-corrected chi connectivity index (χ3v) is 3.35. The van der Waals surface area contributed by atoms with Crippen LogP contribution >= 0.6 is 0 Å². The second kappa shape index (κ2) is 7.67. The smallest absolute Gasteiger partial charge is 0.226 e. The van der Waals surface area contributed by atoms with Gasteiger partial charge in [-0.25, -0.2) is 0 Å². The summed E-state index contributed by atoms with van der Waals surface area (Å²) in [4.78, 5) is 12.0. The van der Waals surface area contributed by atoms with E-state index in [-0.39, 0.29) is 11.3 Å². The van der Waals surface area contributed by atoms with Crippen molar-refractivity contribution in [2.45, 2.75) is 39.5 Å². The maximum absolute atomic E-state index is 12.0. The highest BCUT2D eigenvalue weighted by Gasteiger charge is 2.33. The molecular weight excluding hydrogens is 216 g/mol. The summed E-state index contributed by atoms with van der Waals surface area (Å²) in [6.45, 7) is 8.35. The van der Waals surface area contributed by atoms with Crippen molar-refractivity contribution in [2.24, 2.45) is 5.41 Å². The molecule has 100 valence electrons. The number of piperidine rings is 1. The van der Waals surface area contributed by atoms with Crippen molar-refractivity contribution in [1.29, 1.82) is 0 Å². The van der Waals surface area contributed by atoms with Crippen LogP contribution in [0.3, 0.4) is 0 Å². The molecule has 0 aromatic carbocycles. The molecule has 1 aliphatic rings. The first-order valence-electron chi connectivity index (χ1n) is 6.76. The lowest BCUT2D eigenvalue weighted by Gasteiger charge is -2.32. The number of carbonyl (C=O) groups excluding carboxylic acids is 1. The van der Waals surface area contributed by atoms with E-state index in [0.717, 1.165) is 58.5 Å². The molecule has 17 heavy (non-hydrogen) atoms. The SMILES string of the molecule is CCCOCCCNC(=O)C1(C)CCNCC1. The zero-order valence-corrected chi connectivity index (χ0v) is 11.2. The summed E-state index contributed by atoms with van der Waals surface area (Å²) in [5.41, 5.74) is -0.171. The fraction of sp³-hybridized carbons (Fsp3) is 0.923. The molecule has 1 rings (SSSR count). The molecule has 1 heterocycles. The highest BCUT2D eigenvalue weighted by molar-refractivity contribution is 5.82. The van der Waals surface area contributed by atoms with Crippen molar-refractivity contribution in [1.82, 2.24) is 10.6 Å². The minimum Gasteiger partial charge on any atom is -0.381 e. The fourth-order valence-corrected chi connectivity index (χ4v) is 2.04. The summed E-state index contributed by atoms with van der Waals surface area (Å²) in [6.07, 6.45) is 3.83. The van der Waals surface area contributed by atoms with Crippen LogP contribution in [-0.4, -0.2) is 38.8 Å². The van der Waals surface area contributed by atoms with Gasteiger partial charge in [-0.3, -0.25) is 4.79 Å². The molecule has 4 nitrogen and oxygen atoms in total. The van der Waals surface area contributed by atoms with Gasteiger partial charge in [0.15, 0.2) is 0 Å². The van der Waals surface area contributed by atoms with Gasteiger partial charge in [0.25, 0.3) is 0 Å². The molecule has 1 amide bonds. The standard InChI is InChI=1S/C13H26N2O2/c1-3-10-17-11-4-7-15-12(16)13(2)5-8-14-9-6-13/h14H,3-11H2,1-2H3,(H,15,16). The number of hydrogen-bond acceptors (Lipinski definition) is 3. The summed E-state index contributed by atoms with van der Waals surface area (Å²) in [5.74, 6) is 0.203. The van der Waals surface area contributed by atoms with Crippen molar-refractivity contribution >= 4 is 5.91 Å². The van der Waals surface area contributed by atoms with Gasteiger partial charge in [0.05, 0.1) is 0 Å². The number of carbonyl (C=O) groups is 1. The van der Waals surface area contributed by atoms with E-state index in [0.29, 0.717) is 0 Å². The van der Waals surface area contributed by atoms with Crippen LogP contribution in [0.4, 0.5) is 0 Å². The Morgan fingerprint density at radius 3 is 2.71 bits per heavy atom. The van der Waals surface area contributed by atoms with Gasteiger partial charge >= 0.3 is 0 Å². The fourth-order valence-electron chi connectivity index (χ4n) is 2.04. The lowest BCUT2D eigenvalue weighted by molar-refractivity contribution is -0.131. The highest BCUT2D eigenvalue weighted by atomic mass is 16.5. The zero-order valence-electron chi connectivity index (χ0n) is 11.2. The average molecular weight is 242 g/mol. The molecule has 0 aromatic rings. The molecule has 0 bridgehead atoms. The molecular formula is C13H26N2O2. The van der Waals surface area contributed by atoms with Crippen LogP contribution in [0.25, 0.3) is 0 Å². The van der Waals surface area contributed by atoms with Crippen LogP contribution in [-0.2, 0) is 9.53 Å². The Morgan fingerprint density at radius 1 is 1.35 bits per heavy atom. The number of rotatable bonds is 7. The molecule has 1 saturated heterocycles. The Labute approximate surface area is 104 Å². The first-order chi connectivity index (χ1) is 8.19. The quantitative estimate of drug-likeness (QED) is 0.662. The topological polar surface area (TPSA) is 50.4 Å². The second-order valence-electron chi connectivity index (χ2n) is 5.03. The normalized spacial score (nSPS) is 18.9. The van der Waals surface area contributed by atoms with Gasteiger partial charge in [0.2, 0.25) is 5.91 Å². The summed E-state index contributed by atoms with van der Waals surface area (Å²) < 4.78 is 5.37. The van der Waals surface area contributed by atoms with E-state index in [9.17, 15) is 4.79 Å². The van der Waals surface area contributed by atoms with Crippen LogP contribution in [0.2, 0.25) is 0 Å². The number of amides is 1. The van der Waals surface area contributed by atoms with Crippen molar-refractivity contribution < 1.29 is 9.53 Å². The monoisotopic (exact) mass is 242 g/mol. The van der Waals surface area contributed by atoms with E-state index < -0.39 is 0 Å². The van der Waals surface area contributed by atoms with E-state index in [2.05, 4.69) is 24.5 Å². The predicted octanol–water partition coefficient (Wildman–Crippen LogP) is 1.31. The van der Waals surface area contributed by atoms with E-state index in [4.69, 9.17) is 4.74 Å². The Balaban J connectivity index is 2.11. The van der Waals surface area contributed by atoms with Crippen molar-refractivity contribution in [2.75, 3.05) is 32.8 Å². The molecule has 0 aliphatic carbocycles. The summed E-state index contributed by atoms with van der Waals surface area (Å²) >= 11 is 0. The van der Waals surface area contributed by atoms with Gasteiger partial charge in [0.1, 0.15) is 0 Å². The molecule has 0 atom stereocenters.